The van der Waals surface area contributed by atoms with Crippen LogP contribution in [0.15, 0.2) is 29.2 Å². The van der Waals surface area contributed by atoms with Gasteiger partial charge in [-0.2, -0.15) is 0 Å². The number of sulfonamides is 1. The van der Waals surface area contributed by atoms with Crippen molar-refractivity contribution in [2.24, 2.45) is 0 Å². The van der Waals surface area contributed by atoms with Gasteiger partial charge in [-0.3, -0.25) is 4.79 Å². The van der Waals surface area contributed by atoms with Gasteiger partial charge in [-0.15, -0.1) is 0 Å². The lowest BCUT2D eigenvalue weighted by molar-refractivity contribution is -0.138. The number of hydrogen-bond donors (Lipinski definition) is 2. The molecule has 1 aromatic rings. The number of carboxylic acid groups (broad SMARTS) is 1. The number of ether oxygens (including phenoxy) is 1. The predicted molar refractivity (Wildman–Crippen MR) is 72.1 cm³/mol. The van der Waals surface area contributed by atoms with Crippen molar-refractivity contribution in [2.45, 2.75) is 29.7 Å². The van der Waals surface area contributed by atoms with E-state index in [0.717, 1.165) is 12.1 Å². The summed E-state index contributed by atoms with van der Waals surface area (Å²) in [5.74, 6) is -1.17. The van der Waals surface area contributed by atoms with Gasteiger partial charge in [0.15, 0.2) is 0 Å². The second-order valence-electron chi connectivity index (χ2n) is 5.13. The highest BCUT2D eigenvalue weighted by Gasteiger charge is 2.41. The molecule has 0 radical (unpaired) electrons. The third kappa shape index (κ3) is 3.79. The first-order valence-corrected chi connectivity index (χ1v) is 7.94. The van der Waals surface area contributed by atoms with E-state index in [9.17, 15) is 22.0 Å². The van der Waals surface area contributed by atoms with Gasteiger partial charge in [0.05, 0.1) is 23.5 Å². The molecular weight excluding hydrogens is 320 g/mol. The average Bonchev–Trinajstić information content (AvgIpc) is 2.85. The number of nitrogens with one attached hydrogen (secondary N) is 1. The summed E-state index contributed by atoms with van der Waals surface area (Å²) in [6.45, 7) is 0.153. The lowest BCUT2D eigenvalue weighted by atomic mass is 9.96. The molecule has 2 N–H and O–H groups in total. The molecule has 122 valence electrons. The molecule has 0 spiro atoms. The minimum Gasteiger partial charge on any atom is -0.481 e. The molecule has 1 atom stereocenters. The second kappa shape index (κ2) is 6.27. The topological polar surface area (TPSA) is 92.7 Å². The Bertz CT molecular complexity index is 656. The summed E-state index contributed by atoms with van der Waals surface area (Å²) in [5, 5.41) is 8.93. The zero-order valence-electron chi connectivity index (χ0n) is 11.5. The first-order valence-electron chi connectivity index (χ1n) is 6.46. The third-order valence-corrected chi connectivity index (χ3v) is 4.94. The maximum atomic E-state index is 12.7. The van der Waals surface area contributed by atoms with E-state index in [1.165, 1.54) is 12.1 Å². The number of aliphatic carboxylic acids is 1. The number of halogens is 2. The molecule has 1 unspecified atom stereocenters. The molecule has 1 aliphatic heterocycles. The molecule has 0 amide bonds. The number of alkyl halides is 2. The summed E-state index contributed by atoms with van der Waals surface area (Å²) in [5.41, 5.74) is -1.68. The molecule has 1 aromatic carbocycles. The fraction of sp³-hybridized carbons (Fsp3) is 0.462. The van der Waals surface area contributed by atoms with Crippen LogP contribution in [0.1, 0.15) is 24.8 Å². The molecule has 6 nitrogen and oxygen atoms in total. The van der Waals surface area contributed by atoms with E-state index in [4.69, 9.17) is 9.84 Å². The molecule has 1 heterocycles. The fourth-order valence-electron chi connectivity index (χ4n) is 2.31. The van der Waals surface area contributed by atoms with Crippen molar-refractivity contribution in [1.29, 1.82) is 0 Å². The largest absolute Gasteiger partial charge is 0.481 e. The molecule has 0 aromatic heterocycles. The lowest BCUT2D eigenvalue weighted by Crippen LogP contribution is -2.50. The quantitative estimate of drug-likeness (QED) is 0.822. The minimum absolute atomic E-state index is 0.0763. The zero-order valence-corrected chi connectivity index (χ0v) is 12.3. The molecular formula is C13H15F2NO5S. The van der Waals surface area contributed by atoms with Gasteiger partial charge in [-0.25, -0.2) is 21.9 Å². The van der Waals surface area contributed by atoms with Crippen molar-refractivity contribution in [2.75, 3.05) is 13.2 Å². The van der Waals surface area contributed by atoms with Gasteiger partial charge in [0.25, 0.3) is 6.43 Å². The van der Waals surface area contributed by atoms with Gasteiger partial charge in [0.1, 0.15) is 0 Å². The molecule has 2 rings (SSSR count). The third-order valence-electron chi connectivity index (χ3n) is 3.36. The van der Waals surface area contributed by atoms with Crippen LogP contribution in [0, 0.1) is 0 Å². The normalized spacial score (nSPS) is 22.1. The summed E-state index contributed by atoms with van der Waals surface area (Å²) in [7, 11) is -4.13. The van der Waals surface area contributed by atoms with Crippen LogP contribution < -0.4 is 4.72 Å². The Morgan fingerprint density at radius 3 is 2.73 bits per heavy atom. The summed E-state index contributed by atoms with van der Waals surface area (Å²) >= 11 is 0. The van der Waals surface area contributed by atoms with Crippen LogP contribution in [-0.2, 0) is 19.6 Å². The monoisotopic (exact) mass is 335 g/mol. The van der Waals surface area contributed by atoms with E-state index < -0.39 is 39.9 Å². The highest BCUT2D eigenvalue weighted by atomic mass is 32.2. The Morgan fingerprint density at radius 2 is 2.18 bits per heavy atom. The van der Waals surface area contributed by atoms with E-state index in [1.54, 1.807) is 0 Å². The van der Waals surface area contributed by atoms with E-state index in [1.807, 2.05) is 0 Å². The number of carboxylic acids is 1. The van der Waals surface area contributed by atoms with Crippen molar-refractivity contribution in [3.63, 3.8) is 0 Å². The van der Waals surface area contributed by atoms with Crippen LogP contribution in [-0.4, -0.2) is 38.2 Å². The molecule has 22 heavy (non-hydrogen) atoms. The van der Waals surface area contributed by atoms with Gasteiger partial charge in [0, 0.05) is 12.2 Å². The minimum atomic E-state index is -4.13. The highest BCUT2D eigenvalue weighted by Crippen LogP contribution is 2.27. The van der Waals surface area contributed by atoms with E-state index >= 15 is 0 Å². The van der Waals surface area contributed by atoms with E-state index in [-0.39, 0.29) is 24.5 Å². The van der Waals surface area contributed by atoms with Crippen molar-refractivity contribution < 1.29 is 31.8 Å². The summed E-state index contributed by atoms with van der Waals surface area (Å²) in [6.07, 6.45) is -3.04. The summed E-state index contributed by atoms with van der Waals surface area (Å²) in [4.78, 5) is 10.6. The summed E-state index contributed by atoms with van der Waals surface area (Å²) < 4.78 is 57.4. The molecule has 0 bridgehead atoms. The first kappa shape index (κ1) is 16.8. The fourth-order valence-corrected chi connectivity index (χ4v) is 3.78. The molecule has 1 saturated heterocycles. The Balaban J connectivity index is 2.29. The van der Waals surface area contributed by atoms with E-state index in [2.05, 4.69) is 4.72 Å². The van der Waals surface area contributed by atoms with Gasteiger partial charge < -0.3 is 9.84 Å². The molecule has 1 fully saturated rings. The first-order chi connectivity index (χ1) is 10.2. The van der Waals surface area contributed by atoms with Crippen molar-refractivity contribution in [3.05, 3.63) is 29.8 Å². The maximum absolute atomic E-state index is 12.7. The zero-order chi connectivity index (χ0) is 16.4. The van der Waals surface area contributed by atoms with Crippen LogP contribution in [0.2, 0.25) is 0 Å². The highest BCUT2D eigenvalue weighted by molar-refractivity contribution is 7.89. The van der Waals surface area contributed by atoms with Crippen LogP contribution in [0.4, 0.5) is 8.78 Å². The Hall–Kier alpha value is -1.58. The molecule has 9 heteroatoms. The molecule has 0 saturated carbocycles. The summed E-state index contributed by atoms with van der Waals surface area (Å²) in [6, 6.07) is 4.39. The number of hydrogen-bond acceptors (Lipinski definition) is 4. The lowest BCUT2D eigenvalue weighted by Gasteiger charge is -2.26. The van der Waals surface area contributed by atoms with Crippen LogP contribution in [0.5, 0.6) is 0 Å². The Morgan fingerprint density at radius 1 is 1.45 bits per heavy atom. The van der Waals surface area contributed by atoms with Crippen molar-refractivity contribution in [1.82, 2.24) is 4.72 Å². The standard InChI is InChI=1S/C13H15F2NO5S/c14-12(15)9-2-1-3-10(6-9)22(19,20)16-13(7-11(17)18)4-5-21-8-13/h1-3,6,12,16H,4-5,7-8H2,(H,17,18). The van der Waals surface area contributed by atoms with Gasteiger partial charge in [-0.1, -0.05) is 12.1 Å². The van der Waals surface area contributed by atoms with Crippen molar-refractivity contribution >= 4 is 16.0 Å². The number of carbonyl (C=O) groups is 1. The number of benzene rings is 1. The Labute approximate surface area is 126 Å². The molecule has 0 aliphatic carbocycles. The van der Waals surface area contributed by atoms with Crippen LogP contribution in [0.25, 0.3) is 0 Å². The maximum Gasteiger partial charge on any atom is 0.305 e. The smallest absolute Gasteiger partial charge is 0.305 e. The van der Waals surface area contributed by atoms with Crippen LogP contribution >= 0.6 is 0 Å². The second-order valence-corrected chi connectivity index (χ2v) is 6.81. The predicted octanol–water partition coefficient (Wildman–Crippen LogP) is 1.54. The van der Waals surface area contributed by atoms with Gasteiger partial charge in [-0.05, 0) is 18.6 Å². The average molecular weight is 335 g/mol. The van der Waals surface area contributed by atoms with Gasteiger partial charge >= 0.3 is 5.97 Å². The Kier molecular flexibility index (Phi) is 4.78. The van der Waals surface area contributed by atoms with Crippen molar-refractivity contribution in [3.8, 4) is 0 Å². The van der Waals surface area contributed by atoms with Crippen LogP contribution in [0.3, 0.4) is 0 Å². The van der Waals surface area contributed by atoms with Gasteiger partial charge in [0.2, 0.25) is 10.0 Å². The molecule has 1 aliphatic rings. The van der Waals surface area contributed by atoms with E-state index in [0.29, 0.717) is 0 Å². The number of rotatable bonds is 6. The SMILES string of the molecule is O=C(O)CC1(NS(=O)(=O)c2cccc(C(F)F)c2)CCOC1.